The molecular formula is C17H15N5. The number of aromatic amines is 1. The predicted molar refractivity (Wildman–Crippen MR) is 87.8 cm³/mol. The van der Waals surface area contributed by atoms with Crippen molar-refractivity contribution in [1.29, 1.82) is 5.26 Å². The third-order valence-electron chi connectivity index (χ3n) is 3.40. The lowest BCUT2D eigenvalue weighted by atomic mass is 10.1. The highest BCUT2D eigenvalue weighted by molar-refractivity contribution is 6.10. The van der Waals surface area contributed by atoms with Crippen molar-refractivity contribution in [2.24, 2.45) is 5.10 Å². The molecule has 0 aliphatic carbocycles. The van der Waals surface area contributed by atoms with Gasteiger partial charge in [-0.15, -0.1) is 0 Å². The number of hydrogen-bond acceptors (Lipinski definition) is 4. The van der Waals surface area contributed by atoms with Crippen LogP contribution in [0, 0.1) is 25.2 Å². The van der Waals surface area contributed by atoms with Crippen LogP contribution in [0.15, 0.2) is 47.6 Å². The van der Waals surface area contributed by atoms with Crippen molar-refractivity contribution in [2.75, 3.05) is 5.43 Å². The molecule has 0 bridgehead atoms. The average molecular weight is 289 g/mol. The van der Waals surface area contributed by atoms with E-state index in [0.29, 0.717) is 5.82 Å². The standard InChI is InChI=1S/C17H15N5/c1-11-7-8-12(2)15(9-11)21-22-16(10-18)17-19-13-5-3-4-6-14(13)20-17/h3-9,21H,1-2H3,(H,19,20)/b22-16-. The number of anilines is 1. The Morgan fingerprint density at radius 1 is 1.23 bits per heavy atom. The molecule has 1 aromatic heterocycles. The van der Waals surface area contributed by atoms with Crippen LogP contribution in [0.2, 0.25) is 0 Å². The number of nitrogens with zero attached hydrogens (tertiary/aromatic N) is 3. The van der Waals surface area contributed by atoms with E-state index in [1.807, 2.05) is 56.3 Å². The van der Waals surface area contributed by atoms with Crippen LogP contribution in [-0.2, 0) is 0 Å². The molecule has 22 heavy (non-hydrogen) atoms. The van der Waals surface area contributed by atoms with Gasteiger partial charge >= 0.3 is 0 Å². The molecule has 0 saturated heterocycles. The summed E-state index contributed by atoms with van der Waals surface area (Å²) in [6, 6.07) is 15.8. The fourth-order valence-electron chi connectivity index (χ4n) is 2.17. The SMILES string of the molecule is Cc1ccc(C)c(N/N=C(/C#N)c2nc3ccccc3[nH]2)c1. The van der Waals surface area contributed by atoms with E-state index in [1.165, 1.54) is 0 Å². The zero-order valence-electron chi connectivity index (χ0n) is 12.4. The molecule has 108 valence electrons. The van der Waals surface area contributed by atoms with Crippen molar-refractivity contribution in [3.63, 3.8) is 0 Å². The van der Waals surface area contributed by atoms with Gasteiger partial charge in [-0.1, -0.05) is 24.3 Å². The maximum absolute atomic E-state index is 9.33. The Morgan fingerprint density at radius 3 is 2.82 bits per heavy atom. The van der Waals surface area contributed by atoms with Gasteiger partial charge in [-0.3, -0.25) is 5.43 Å². The zero-order valence-corrected chi connectivity index (χ0v) is 12.4. The quantitative estimate of drug-likeness (QED) is 0.572. The number of para-hydroxylation sites is 2. The van der Waals surface area contributed by atoms with E-state index in [1.54, 1.807) is 0 Å². The first-order valence-electron chi connectivity index (χ1n) is 6.93. The molecule has 3 rings (SSSR count). The number of aryl methyl sites for hydroxylation is 2. The minimum Gasteiger partial charge on any atom is -0.336 e. The van der Waals surface area contributed by atoms with Crippen LogP contribution in [0.3, 0.4) is 0 Å². The summed E-state index contributed by atoms with van der Waals surface area (Å²) in [5, 5.41) is 13.5. The lowest BCUT2D eigenvalue weighted by Gasteiger charge is -2.06. The molecule has 2 N–H and O–H groups in total. The minimum atomic E-state index is 0.220. The van der Waals surface area contributed by atoms with E-state index in [2.05, 4.69) is 26.6 Å². The number of fused-ring (bicyclic) bond motifs is 1. The van der Waals surface area contributed by atoms with Crippen molar-refractivity contribution in [3.05, 3.63) is 59.4 Å². The Kier molecular flexibility index (Phi) is 3.58. The number of nitriles is 1. The summed E-state index contributed by atoms with van der Waals surface area (Å²) in [5.74, 6) is 0.460. The molecule has 0 spiro atoms. The number of aromatic nitrogens is 2. The molecule has 0 fully saturated rings. The predicted octanol–water partition coefficient (Wildman–Crippen LogP) is 3.52. The Hall–Kier alpha value is -3.13. The second-order valence-corrected chi connectivity index (χ2v) is 5.10. The van der Waals surface area contributed by atoms with Crippen LogP contribution >= 0.6 is 0 Å². The first-order chi connectivity index (χ1) is 10.7. The number of rotatable bonds is 3. The summed E-state index contributed by atoms with van der Waals surface area (Å²) in [6.07, 6.45) is 0. The lowest BCUT2D eigenvalue weighted by Crippen LogP contribution is -2.04. The summed E-state index contributed by atoms with van der Waals surface area (Å²) < 4.78 is 0. The summed E-state index contributed by atoms with van der Waals surface area (Å²) in [6.45, 7) is 4.00. The van der Waals surface area contributed by atoms with E-state index in [9.17, 15) is 5.26 Å². The van der Waals surface area contributed by atoms with Crippen LogP contribution in [-0.4, -0.2) is 15.7 Å². The number of benzene rings is 2. The number of nitrogens with one attached hydrogen (secondary N) is 2. The number of H-pyrrole nitrogens is 1. The molecule has 5 nitrogen and oxygen atoms in total. The van der Waals surface area contributed by atoms with Gasteiger partial charge < -0.3 is 4.98 Å². The molecule has 3 aromatic rings. The van der Waals surface area contributed by atoms with E-state index in [4.69, 9.17) is 0 Å². The molecule has 2 aromatic carbocycles. The van der Waals surface area contributed by atoms with Gasteiger partial charge in [0.1, 0.15) is 6.07 Å². The number of imidazole rings is 1. The first kappa shape index (κ1) is 13.8. The van der Waals surface area contributed by atoms with Crippen LogP contribution in [0.4, 0.5) is 5.69 Å². The topological polar surface area (TPSA) is 76.9 Å². The first-order valence-corrected chi connectivity index (χ1v) is 6.93. The third kappa shape index (κ3) is 2.67. The second-order valence-electron chi connectivity index (χ2n) is 5.10. The highest BCUT2D eigenvalue weighted by atomic mass is 15.3. The van der Waals surface area contributed by atoms with Crippen molar-refractivity contribution in [2.45, 2.75) is 13.8 Å². The molecule has 0 atom stereocenters. The van der Waals surface area contributed by atoms with Gasteiger partial charge in [-0.2, -0.15) is 10.4 Å². The van der Waals surface area contributed by atoms with Crippen molar-refractivity contribution >= 4 is 22.4 Å². The van der Waals surface area contributed by atoms with Crippen LogP contribution < -0.4 is 5.43 Å². The lowest BCUT2D eigenvalue weighted by molar-refractivity contribution is 1.24. The van der Waals surface area contributed by atoms with Gasteiger partial charge in [0.15, 0.2) is 5.82 Å². The van der Waals surface area contributed by atoms with E-state index >= 15 is 0 Å². The summed E-state index contributed by atoms with van der Waals surface area (Å²) in [5.41, 5.74) is 7.94. The number of hydrogen-bond donors (Lipinski definition) is 2. The van der Waals surface area contributed by atoms with Gasteiger partial charge in [0, 0.05) is 0 Å². The fraction of sp³-hybridized carbons (Fsp3) is 0.118. The third-order valence-corrected chi connectivity index (χ3v) is 3.40. The molecule has 0 aliphatic rings. The van der Waals surface area contributed by atoms with E-state index in [0.717, 1.165) is 27.8 Å². The highest BCUT2D eigenvalue weighted by Crippen LogP contribution is 2.17. The molecular weight excluding hydrogens is 274 g/mol. The molecule has 0 saturated carbocycles. The number of hydrazone groups is 1. The van der Waals surface area contributed by atoms with Crippen LogP contribution in [0.25, 0.3) is 11.0 Å². The Morgan fingerprint density at radius 2 is 2.05 bits per heavy atom. The Balaban J connectivity index is 1.93. The Bertz CT molecular complexity index is 866. The van der Waals surface area contributed by atoms with Crippen LogP contribution in [0.5, 0.6) is 0 Å². The highest BCUT2D eigenvalue weighted by Gasteiger charge is 2.09. The van der Waals surface area contributed by atoms with Crippen molar-refractivity contribution < 1.29 is 0 Å². The summed E-state index contributed by atoms with van der Waals surface area (Å²) >= 11 is 0. The van der Waals surface area contributed by atoms with Gasteiger partial charge in [0.2, 0.25) is 5.71 Å². The smallest absolute Gasteiger partial charge is 0.203 e. The van der Waals surface area contributed by atoms with Crippen molar-refractivity contribution in [3.8, 4) is 6.07 Å². The summed E-state index contributed by atoms with van der Waals surface area (Å²) in [7, 11) is 0. The van der Waals surface area contributed by atoms with E-state index < -0.39 is 0 Å². The summed E-state index contributed by atoms with van der Waals surface area (Å²) in [4.78, 5) is 7.49. The van der Waals surface area contributed by atoms with Crippen molar-refractivity contribution in [1.82, 2.24) is 9.97 Å². The molecule has 0 aliphatic heterocycles. The molecule has 0 amide bonds. The Labute approximate surface area is 128 Å². The van der Waals surface area contributed by atoms with Crippen LogP contribution in [0.1, 0.15) is 17.0 Å². The zero-order chi connectivity index (χ0) is 15.5. The second kappa shape index (κ2) is 5.70. The van der Waals surface area contributed by atoms with Gasteiger partial charge in [0.25, 0.3) is 0 Å². The maximum atomic E-state index is 9.33. The monoisotopic (exact) mass is 289 g/mol. The minimum absolute atomic E-state index is 0.220. The molecule has 0 radical (unpaired) electrons. The van der Waals surface area contributed by atoms with Gasteiger partial charge in [0.05, 0.1) is 16.7 Å². The van der Waals surface area contributed by atoms with Gasteiger partial charge in [-0.05, 0) is 43.2 Å². The largest absolute Gasteiger partial charge is 0.336 e. The maximum Gasteiger partial charge on any atom is 0.203 e. The van der Waals surface area contributed by atoms with E-state index in [-0.39, 0.29) is 5.71 Å². The van der Waals surface area contributed by atoms with Gasteiger partial charge in [-0.25, -0.2) is 4.98 Å². The molecule has 0 unspecified atom stereocenters. The fourth-order valence-corrected chi connectivity index (χ4v) is 2.17. The molecule has 5 heteroatoms. The normalized spacial score (nSPS) is 11.4. The average Bonchev–Trinajstić information content (AvgIpc) is 2.95. The molecule has 1 heterocycles.